The summed E-state index contributed by atoms with van der Waals surface area (Å²) in [5, 5.41) is 54.1. The van der Waals surface area contributed by atoms with E-state index in [-0.39, 0.29) is 80.2 Å². The molecule has 7 heterocycles. The van der Waals surface area contributed by atoms with Gasteiger partial charge in [-0.3, -0.25) is 34.1 Å². The van der Waals surface area contributed by atoms with Crippen LogP contribution in [0.15, 0.2) is 70.7 Å². The van der Waals surface area contributed by atoms with E-state index in [1.807, 2.05) is 12.1 Å². The van der Waals surface area contributed by atoms with Crippen LogP contribution in [0.1, 0.15) is 109 Å². The number of aromatic hydroxyl groups is 2. The van der Waals surface area contributed by atoms with Gasteiger partial charge >= 0.3 is 11.8 Å². The third-order valence-electron chi connectivity index (χ3n) is 15.3. The third kappa shape index (κ3) is 11.0. The Morgan fingerprint density at radius 1 is 0.959 bits per heavy atom. The van der Waals surface area contributed by atoms with Gasteiger partial charge in [-0.25, -0.2) is 0 Å². The Morgan fingerprint density at radius 2 is 1.67 bits per heavy atom. The lowest BCUT2D eigenvalue weighted by Crippen LogP contribution is -2.44. The number of carbonyl (C=O) groups is 4. The van der Waals surface area contributed by atoms with Crippen molar-refractivity contribution in [2.45, 2.75) is 136 Å². The first-order chi connectivity index (χ1) is 34.7. The highest BCUT2D eigenvalue weighted by molar-refractivity contribution is 6.19. The molecule has 1 aromatic heterocycles. The number of amides is 2. The van der Waals surface area contributed by atoms with E-state index in [4.69, 9.17) is 24.2 Å². The Balaban J connectivity index is 1.09. The largest absolute Gasteiger partial charge is 0.507 e. The summed E-state index contributed by atoms with van der Waals surface area (Å²) in [5.41, 5.74) is 0.292. The van der Waals surface area contributed by atoms with Crippen LogP contribution in [0.3, 0.4) is 0 Å². The van der Waals surface area contributed by atoms with Crippen LogP contribution in [-0.2, 0) is 23.9 Å². The smallest absolute Gasteiger partial charge is 0.315 e. The number of rotatable bonds is 7. The van der Waals surface area contributed by atoms with E-state index in [1.54, 1.807) is 76.2 Å². The lowest BCUT2D eigenvalue weighted by atomic mass is 9.81. The van der Waals surface area contributed by atoms with Crippen LogP contribution in [-0.4, -0.2) is 127 Å². The van der Waals surface area contributed by atoms with E-state index in [0.717, 1.165) is 12.2 Å². The van der Waals surface area contributed by atoms with Crippen LogP contribution in [0.2, 0.25) is 0 Å². The summed E-state index contributed by atoms with van der Waals surface area (Å²) in [4.78, 5) is 74.3. The number of nitrogens with one attached hydrogen (secondary N) is 2. The van der Waals surface area contributed by atoms with Gasteiger partial charge in [-0.05, 0) is 63.7 Å². The van der Waals surface area contributed by atoms with Crippen LogP contribution < -0.4 is 26.1 Å². The SMILES string of the molecule is C/C1=C/C=C/[C@H](C)[C@H](O)[C@@H](C)C(O)[C@@H](C)C(OC(=O)CC(=O)N2CCC(Nc3cccnc3)CC2)CC/C=C/O[C@@]2(C)Oc3c(C)c(O)c4c(O)c(c5c(c4c3C2=O)=NC2(CCN(CC(C)C)CC2)N=5)NC1=O. The Bertz CT molecular complexity index is 2830. The second-order valence-corrected chi connectivity index (χ2v) is 21.2. The molecule has 1 spiro atoms. The van der Waals surface area contributed by atoms with Crippen LogP contribution in [0.5, 0.6) is 17.2 Å². The second kappa shape index (κ2) is 21.6. The van der Waals surface area contributed by atoms with Gasteiger partial charge in [-0.1, -0.05) is 52.8 Å². The molecule has 392 valence electrons. The number of aliphatic hydroxyl groups is 2. The normalized spacial score (nSPS) is 28.6. The summed E-state index contributed by atoms with van der Waals surface area (Å²) in [7, 11) is 0. The summed E-state index contributed by atoms with van der Waals surface area (Å²) in [5.74, 6) is -6.56. The third-order valence-corrected chi connectivity index (χ3v) is 15.3. The topological polar surface area (TPSA) is 245 Å². The number of likely N-dealkylation sites (tertiary alicyclic amines) is 2. The summed E-state index contributed by atoms with van der Waals surface area (Å²) in [6.45, 7) is 17.3. The van der Waals surface area contributed by atoms with Gasteiger partial charge in [0.05, 0.1) is 40.5 Å². The van der Waals surface area contributed by atoms with Crippen molar-refractivity contribution in [3.05, 3.63) is 82.5 Å². The van der Waals surface area contributed by atoms with Gasteiger partial charge in [0.15, 0.2) is 11.4 Å². The van der Waals surface area contributed by atoms with Crippen molar-refractivity contribution in [3.8, 4) is 17.2 Å². The van der Waals surface area contributed by atoms with Crippen molar-refractivity contribution < 1.29 is 53.8 Å². The van der Waals surface area contributed by atoms with E-state index in [2.05, 4.69) is 34.4 Å². The number of allylic oxidation sites excluding steroid dienone is 3. The molecule has 6 aliphatic heterocycles. The predicted octanol–water partition coefficient (Wildman–Crippen LogP) is 5.75. The quantitative estimate of drug-likeness (QED) is 0.0939. The van der Waals surface area contributed by atoms with Gasteiger partial charge in [0.2, 0.25) is 5.91 Å². The summed E-state index contributed by atoms with van der Waals surface area (Å²) in [6, 6.07) is 3.93. The molecular weight excluding hydrogens is 935 g/mol. The summed E-state index contributed by atoms with van der Waals surface area (Å²) < 4.78 is 18.4. The predicted molar refractivity (Wildman–Crippen MR) is 273 cm³/mol. The van der Waals surface area contributed by atoms with Crippen LogP contribution in [0.25, 0.3) is 10.8 Å². The number of ether oxygens (including phenoxy) is 3. The van der Waals surface area contributed by atoms with E-state index < -0.39 is 77.3 Å². The van der Waals surface area contributed by atoms with Gasteiger partial charge in [0.1, 0.15) is 35.1 Å². The number of pyridine rings is 1. The van der Waals surface area contributed by atoms with Crippen LogP contribution >= 0.6 is 0 Å². The number of fused-ring (bicyclic) bond motifs is 13. The van der Waals surface area contributed by atoms with Crippen molar-refractivity contribution in [1.82, 2.24) is 14.8 Å². The second-order valence-electron chi connectivity index (χ2n) is 21.2. The number of Topliss-reactive ketones (excluding diaryl/α,β-unsaturated/α-hetero) is 1. The number of phenols is 2. The molecule has 2 saturated heterocycles. The number of hydrogen-bond acceptors (Lipinski definition) is 16. The highest BCUT2D eigenvalue weighted by Crippen LogP contribution is 2.50. The van der Waals surface area contributed by atoms with E-state index in [0.29, 0.717) is 57.8 Å². The minimum Gasteiger partial charge on any atom is -0.507 e. The van der Waals surface area contributed by atoms with E-state index in [1.165, 1.54) is 13.2 Å². The number of carbonyl (C=O) groups excluding carboxylic acids is 4. The molecule has 2 amide bonds. The maximum Gasteiger partial charge on any atom is 0.315 e. The number of piperidine rings is 2. The minimum atomic E-state index is -1.94. The average molecular weight is 1010 g/mol. The fourth-order valence-corrected chi connectivity index (χ4v) is 10.8. The monoisotopic (exact) mass is 1010 g/mol. The Morgan fingerprint density at radius 3 is 2.36 bits per heavy atom. The molecule has 18 nitrogen and oxygen atoms in total. The summed E-state index contributed by atoms with van der Waals surface area (Å²) >= 11 is 0. The van der Waals surface area contributed by atoms with Crippen molar-refractivity contribution in [2.24, 2.45) is 33.7 Å². The first kappa shape index (κ1) is 52.9. The van der Waals surface area contributed by atoms with Crippen LogP contribution in [0.4, 0.5) is 11.4 Å². The standard InChI is InChI=1S/C55H71N7O11/c1-30(2)29-61-24-19-55(20-25-61)59-44-41-42-49(67)35(7)51-43(41)52(69)54(8,73-51)71-26-10-9-16-38(72-40(64)27-39(63)62-22-17-36(18-23-62)57-37-15-12-21-56-28-37)33(5)48(66)34(6)47(65)31(3)13-11-14-32(4)53(70)58-46(50(42)68)45(44)60-55/h10-15,21,26,28,30-31,33-34,36,38,47-48,57,65-68H,9,16-20,22-25,27,29H2,1-8H3,(H,58,70)/b13-11+,26-10+,32-14-/t31-,33-,34+,38?,47-,48?,54-/m0/s1. The molecule has 0 radical (unpaired) electrons. The lowest BCUT2D eigenvalue weighted by Gasteiger charge is -2.36. The molecule has 0 saturated carbocycles. The number of hydrogen-bond donors (Lipinski definition) is 6. The molecule has 3 aromatic rings. The number of nitrogens with zero attached hydrogens (tertiary/aromatic N) is 5. The number of anilines is 2. The molecule has 7 atom stereocenters. The molecule has 2 aromatic carbocycles. The van der Waals surface area contributed by atoms with Crippen molar-refractivity contribution >= 4 is 45.7 Å². The highest BCUT2D eigenvalue weighted by atomic mass is 16.7. The number of ketones is 1. The number of phenolic OH excluding ortho intramolecular Hbond substituents is 2. The molecule has 9 rings (SSSR count). The van der Waals surface area contributed by atoms with E-state index >= 15 is 0 Å². The zero-order chi connectivity index (χ0) is 52.5. The minimum absolute atomic E-state index is 0.0371. The fourth-order valence-electron chi connectivity index (χ4n) is 10.8. The maximum absolute atomic E-state index is 14.8. The molecule has 6 N–H and O–H groups in total. The van der Waals surface area contributed by atoms with Gasteiger partial charge in [-0.15, -0.1) is 0 Å². The van der Waals surface area contributed by atoms with Crippen LogP contribution in [0, 0.1) is 30.6 Å². The molecule has 2 unspecified atom stereocenters. The van der Waals surface area contributed by atoms with Gasteiger partial charge in [-0.2, -0.15) is 0 Å². The number of benzene rings is 2. The molecule has 0 aliphatic carbocycles. The molecular formula is C55H71N7O11. The number of aliphatic hydroxyl groups excluding tert-OH is 2. The molecule has 73 heavy (non-hydrogen) atoms. The maximum atomic E-state index is 14.8. The van der Waals surface area contributed by atoms with Crippen molar-refractivity contribution in [1.29, 1.82) is 0 Å². The molecule has 2 fully saturated rings. The van der Waals surface area contributed by atoms with Gasteiger partial charge in [0, 0.05) is 105 Å². The van der Waals surface area contributed by atoms with Crippen molar-refractivity contribution in [3.63, 3.8) is 0 Å². The summed E-state index contributed by atoms with van der Waals surface area (Å²) in [6.07, 6.45) is 10.5. The van der Waals surface area contributed by atoms with Gasteiger partial charge < -0.3 is 55.1 Å². The molecule has 18 heteroatoms. The Labute approximate surface area is 425 Å². The highest BCUT2D eigenvalue weighted by Gasteiger charge is 2.50. The lowest BCUT2D eigenvalue weighted by molar-refractivity contribution is -0.159. The fraction of sp³-hybridized carbons (Fsp3) is 0.545. The first-order valence-electron chi connectivity index (χ1n) is 25.7. The molecule has 6 aliphatic rings. The van der Waals surface area contributed by atoms with Gasteiger partial charge in [0.25, 0.3) is 11.7 Å². The van der Waals surface area contributed by atoms with E-state index in [9.17, 15) is 39.6 Å². The number of esters is 1. The molecule has 5 bridgehead atoms. The Hall–Kier alpha value is -6.37. The average Bonchev–Trinajstić information content (AvgIpc) is 3.86. The Kier molecular flexibility index (Phi) is 15.7. The number of aromatic nitrogens is 1. The van der Waals surface area contributed by atoms with Crippen molar-refractivity contribution in [2.75, 3.05) is 43.4 Å². The zero-order valence-electron chi connectivity index (χ0n) is 43.2. The zero-order valence-corrected chi connectivity index (χ0v) is 43.2. The first-order valence-corrected chi connectivity index (χ1v) is 25.7.